The summed E-state index contributed by atoms with van der Waals surface area (Å²) in [5.41, 5.74) is 2.75. The minimum absolute atomic E-state index is 0.0835. The third-order valence-corrected chi connectivity index (χ3v) is 4.73. The minimum Gasteiger partial charge on any atom is -0.484 e. The first-order valence-electron chi connectivity index (χ1n) is 9.18. The summed E-state index contributed by atoms with van der Waals surface area (Å²) < 4.78 is 5.46. The highest BCUT2D eigenvalue weighted by Gasteiger charge is 2.23. The average molecular weight is 387 g/mol. The van der Waals surface area contributed by atoms with Gasteiger partial charge in [-0.3, -0.25) is 9.59 Å². The Morgan fingerprint density at radius 1 is 1.19 bits per heavy atom. The van der Waals surface area contributed by atoms with Crippen LogP contribution in [0, 0.1) is 0 Å². The molecule has 1 aliphatic heterocycles. The fraction of sp³-hybridized carbons (Fsp3) is 0.333. The number of aryl methyl sites for hydroxylation is 1. The van der Waals surface area contributed by atoms with E-state index < -0.39 is 0 Å². The SMILES string of the molecule is CCCCN1C(=O)CCc2cc(NC(=O)COc3ccc(Cl)cc3)ccc21. The smallest absolute Gasteiger partial charge is 0.262 e. The number of fused-ring (bicyclic) bond motifs is 1. The van der Waals surface area contributed by atoms with Gasteiger partial charge in [0.25, 0.3) is 5.91 Å². The predicted octanol–water partition coefficient (Wildman–Crippen LogP) is 4.44. The second kappa shape index (κ2) is 8.91. The van der Waals surface area contributed by atoms with Crippen molar-refractivity contribution >= 4 is 34.8 Å². The van der Waals surface area contributed by atoms with E-state index in [4.69, 9.17) is 16.3 Å². The third-order valence-electron chi connectivity index (χ3n) is 4.48. The lowest BCUT2D eigenvalue weighted by Crippen LogP contribution is -2.35. The number of unbranched alkanes of at least 4 members (excludes halogenated alkanes) is 1. The van der Waals surface area contributed by atoms with E-state index in [1.54, 1.807) is 24.3 Å². The number of anilines is 2. The van der Waals surface area contributed by atoms with E-state index in [1.807, 2.05) is 23.1 Å². The van der Waals surface area contributed by atoms with Crippen molar-refractivity contribution < 1.29 is 14.3 Å². The summed E-state index contributed by atoms with van der Waals surface area (Å²) in [6.45, 7) is 2.77. The van der Waals surface area contributed by atoms with E-state index in [0.717, 1.165) is 30.6 Å². The van der Waals surface area contributed by atoms with Gasteiger partial charge in [0.2, 0.25) is 5.91 Å². The minimum atomic E-state index is -0.236. The predicted molar refractivity (Wildman–Crippen MR) is 108 cm³/mol. The van der Waals surface area contributed by atoms with Crippen LogP contribution >= 0.6 is 11.6 Å². The monoisotopic (exact) mass is 386 g/mol. The Hall–Kier alpha value is -2.53. The quantitative estimate of drug-likeness (QED) is 0.765. The number of amides is 2. The number of hydrogen-bond acceptors (Lipinski definition) is 3. The van der Waals surface area contributed by atoms with Gasteiger partial charge in [0, 0.05) is 29.4 Å². The summed E-state index contributed by atoms with van der Waals surface area (Å²) in [6.07, 6.45) is 3.22. The molecular weight excluding hydrogens is 364 g/mol. The van der Waals surface area contributed by atoms with Crippen molar-refractivity contribution in [2.45, 2.75) is 32.6 Å². The van der Waals surface area contributed by atoms with Crippen LogP contribution in [0.1, 0.15) is 31.7 Å². The van der Waals surface area contributed by atoms with Crippen molar-refractivity contribution in [2.75, 3.05) is 23.4 Å². The van der Waals surface area contributed by atoms with Crippen molar-refractivity contribution in [3.05, 3.63) is 53.1 Å². The molecule has 0 atom stereocenters. The first-order chi connectivity index (χ1) is 13.1. The Morgan fingerprint density at radius 3 is 2.70 bits per heavy atom. The molecule has 0 radical (unpaired) electrons. The fourth-order valence-corrected chi connectivity index (χ4v) is 3.20. The molecule has 6 heteroatoms. The van der Waals surface area contributed by atoms with Crippen LogP contribution in [-0.4, -0.2) is 25.0 Å². The lowest BCUT2D eigenvalue weighted by Gasteiger charge is -2.29. The van der Waals surface area contributed by atoms with Gasteiger partial charge >= 0.3 is 0 Å². The number of rotatable bonds is 7. The summed E-state index contributed by atoms with van der Waals surface area (Å²) in [5, 5.41) is 3.47. The molecule has 0 unspecified atom stereocenters. The van der Waals surface area contributed by atoms with Crippen molar-refractivity contribution in [1.29, 1.82) is 0 Å². The molecule has 5 nitrogen and oxygen atoms in total. The molecule has 0 fully saturated rings. The third kappa shape index (κ3) is 5.01. The molecular formula is C21H23ClN2O3. The lowest BCUT2D eigenvalue weighted by atomic mass is 10.00. The maximum atomic E-state index is 12.2. The number of hydrogen-bond donors (Lipinski definition) is 1. The first-order valence-corrected chi connectivity index (χ1v) is 9.56. The van der Waals surface area contributed by atoms with Crippen molar-refractivity contribution in [1.82, 2.24) is 0 Å². The Morgan fingerprint density at radius 2 is 1.96 bits per heavy atom. The summed E-state index contributed by atoms with van der Waals surface area (Å²) in [5.74, 6) is 0.522. The normalized spacial score (nSPS) is 13.3. The molecule has 2 aromatic carbocycles. The molecule has 0 aromatic heterocycles. The second-order valence-corrected chi connectivity index (χ2v) is 6.97. The van der Waals surface area contributed by atoms with Crippen LogP contribution < -0.4 is 15.0 Å². The lowest BCUT2D eigenvalue weighted by molar-refractivity contribution is -0.119. The van der Waals surface area contributed by atoms with E-state index >= 15 is 0 Å². The van der Waals surface area contributed by atoms with Gasteiger partial charge in [-0.25, -0.2) is 0 Å². The number of ether oxygens (including phenoxy) is 1. The van der Waals surface area contributed by atoms with E-state index in [-0.39, 0.29) is 18.4 Å². The van der Waals surface area contributed by atoms with Crippen LogP contribution in [0.25, 0.3) is 0 Å². The number of carbonyl (C=O) groups excluding carboxylic acids is 2. The molecule has 0 aliphatic carbocycles. The number of halogens is 1. The topological polar surface area (TPSA) is 58.6 Å². The van der Waals surface area contributed by atoms with Crippen LogP contribution in [-0.2, 0) is 16.0 Å². The van der Waals surface area contributed by atoms with Gasteiger partial charge in [-0.1, -0.05) is 24.9 Å². The van der Waals surface area contributed by atoms with Crippen LogP contribution in [0.15, 0.2) is 42.5 Å². The molecule has 0 saturated heterocycles. The van der Waals surface area contributed by atoms with Crippen LogP contribution in [0.5, 0.6) is 5.75 Å². The van der Waals surface area contributed by atoms with Crippen molar-refractivity contribution in [3.8, 4) is 5.75 Å². The Bertz CT molecular complexity index is 821. The van der Waals surface area contributed by atoms with E-state index in [1.165, 1.54) is 0 Å². The highest BCUT2D eigenvalue weighted by Crippen LogP contribution is 2.30. The maximum Gasteiger partial charge on any atom is 0.262 e. The molecule has 0 bridgehead atoms. The second-order valence-electron chi connectivity index (χ2n) is 6.53. The van der Waals surface area contributed by atoms with Crippen LogP contribution in [0.4, 0.5) is 11.4 Å². The van der Waals surface area contributed by atoms with Gasteiger partial charge in [0.1, 0.15) is 5.75 Å². The molecule has 1 aliphatic rings. The number of carbonyl (C=O) groups is 2. The number of nitrogens with zero attached hydrogens (tertiary/aromatic N) is 1. The molecule has 2 aromatic rings. The molecule has 1 heterocycles. The van der Waals surface area contributed by atoms with Gasteiger partial charge in [-0.15, -0.1) is 0 Å². The standard InChI is InChI=1S/C21H23ClN2O3/c1-2-3-12-24-19-10-7-17(13-15(19)4-11-21(24)26)23-20(25)14-27-18-8-5-16(22)6-9-18/h5-10,13H,2-4,11-12,14H2,1H3,(H,23,25). The first kappa shape index (κ1) is 19.2. The van der Waals surface area contributed by atoms with Gasteiger partial charge in [-0.2, -0.15) is 0 Å². The van der Waals surface area contributed by atoms with Crippen molar-refractivity contribution in [2.24, 2.45) is 0 Å². The Balaban J connectivity index is 1.61. The van der Waals surface area contributed by atoms with E-state index in [0.29, 0.717) is 29.3 Å². The molecule has 0 spiro atoms. The molecule has 142 valence electrons. The number of nitrogens with one attached hydrogen (secondary N) is 1. The van der Waals surface area contributed by atoms with Crippen LogP contribution in [0.2, 0.25) is 5.02 Å². The molecule has 3 rings (SSSR count). The summed E-state index contributed by atoms with van der Waals surface area (Å²) in [7, 11) is 0. The molecule has 27 heavy (non-hydrogen) atoms. The Labute approximate surface area is 164 Å². The molecule has 0 saturated carbocycles. The highest BCUT2D eigenvalue weighted by molar-refractivity contribution is 6.30. The van der Waals surface area contributed by atoms with E-state index in [2.05, 4.69) is 12.2 Å². The van der Waals surface area contributed by atoms with Crippen molar-refractivity contribution in [3.63, 3.8) is 0 Å². The average Bonchev–Trinajstić information content (AvgIpc) is 2.67. The zero-order valence-corrected chi connectivity index (χ0v) is 16.1. The molecule has 1 N–H and O–H groups in total. The summed E-state index contributed by atoms with van der Waals surface area (Å²) in [4.78, 5) is 26.2. The zero-order valence-electron chi connectivity index (χ0n) is 15.3. The molecule has 2 amide bonds. The van der Waals surface area contributed by atoms with E-state index in [9.17, 15) is 9.59 Å². The fourth-order valence-electron chi connectivity index (χ4n) is 3.08. The largest absolute Gasteiger partial charge is 0.484 e. The maximum absolute atomic E-state index is 12.2. The summed E-state index contributed by atoms with van der Waals surface area (Å²) >= 11 is 5.83. The Kier molecular flexibility index (Phi) is 6.35. The van der Waals surface area contributed by atoms with Crippen LogP contribution in [0.3, 0.4) is 0 Å². The van der Waals surface area contributed by atoms with Gasteiger partial charge in [0.05, 0.1) is 0 Å². The highest BCUT2D eigenvalue weighted by atomic mass is 35.5. The van der Waals surface area contributed by atoms with Gasteiger partial charge in [-0.05, 0) is 60.9 Å². The van der Waals surface area contributed by atoms with Gasteiger partial charge in [0.15, 0.2) is 6.61 Å². The summed E-state index contributed by atoms with van der Waals surface area (Å²) in [6, 6.07) is 12.6. The zero-order chi connectivity index (χ0) is 19.2. The number of benzene rings is 2. The van der Waals surface area contributed by atoms with Gasteiger partial charge < -0.3 is 15.0 Å².